The van der Waals surface area contributed by atoms with Gasteiger partial charge in [0.05, 0.1) is 13.2 Å². The maximum atomic E-state index is 10.8. The van der Waals surface area contributed by atoms with Crippen molar-refractivity contribution >= 4 is 5.97 Å². The largest absolute Gasteiger partial charge is 0.494 e. The Balaban J connectivity index is 1.75. The number of esters is 1. The van der Waals surface area contributed by atoms with E-state index in [2.05, 4.69) is 6.58 Å². The zero-order chi connectivity index (χ0) is 17.3. The summed E-state index contributed by atoms with van der Waals surface area (Å²) in [4.78, 5) is 10.8. The molecule has 3 heteroatoms. The highest BCUT2D eigenvalue weighted by Gasteiger charge is 1.96. The molecule has 1 aromatic carbocycles. The minimum absolute atomic E-state index is 0.316. The van der Waals surface area contributed by atoms with E-state index >= 15 is 0 Å². The lowest BCUT2D eigenvalue weighted by Crippen LogP contribution is -2.01. The molecule has 0 heterocycles. The average Bonchev–Trinajstić information content (AvgIpc) is 2.62. The van der Waals surface area contributed by atoms with E-state index in [0.29, 0.717) is 6.61 Å². The van der Waals surface area contributed by atoms with Crippen LogP contribution in [0.15, 0.2) is 43.0 Å². The van der Waals surface area contributed by atoms with E-state index in [1.54, 1.807) is 0 Å². The van der Waals surface area contributed by atoms with E-state index < -0.39 is 0 Å². The van der Waals surface area contributed by atoms with Gasteiger partial charge >= 0.3 is 5.97 Å². The second-order valence-electron chi connectivity index (χ2n) is 6.07. The lowest BCUT2D eigenvalue weighted by atomic mass is 10.1. The molecule has 134 valence electrons. The molecule has 0 saturated carbocycles. The molecule has 0 bridgehead atoms. The topological polar surface area (TPSA) is 35.5 Å². The van der Waals surface area contributed by atoms with Crippen molar-refractivity contribution < 1.29 is 14.3 Å². The second-order valence-corrected chi connectivity index (χ2v) is 6.07. The molecule has 1 rings (SSSR count). The number of hydrogen-bond acceptors (Lipinski definition) is 3. The standard InChI is InChI=1S/C21H32O3/c1-2-21(22)24-19-15-10-8-6-4-3-5-7-9-14-18-23-20-16-12-11-13-17-20/h2,11-13,16-17H,1,3-10,14-15,18-19H2. The first-order valence-electron chi connectivity index (χ1n) is 9.30. The number of para-hydroxylation sites is 1. The van der Waals surface area contributed by atoms with Crippen molar-refractivity contribution in [2.24, 2.45) is 0 Å². The highest BCUT2D eigenvalue weighted by Crippen LogP contribution is 2.12. The van der Waals surface area contributed by atoms with Gasteiger partial charge in [-0.25, -0.2) is 4.79 Å². The van der Waals surface area contributed by atoms with Crippen molar-refractivity contribution in [3.8, 4) is 5.75 Å². The summed E-state index contributed by atoms with van der Waals surface area (Å²) in [6.07, 6.45) is 13.5. The Kier molecular flexibility index (Phi) is 12.5. The minimum Gasteiger partial charge on any atom is -0.494 e. The van der Waals surface area contributed by atoms with E-state index in [4.69, 9.17) is 9.47 Å². The number of unbranched alkanes of at least 4 members (excludes halogenated alkanes) is 9. The zero-order valence-corrected chi connectivity index (χ0v) is 14.9. The molecule has 0 aliphatic heterocycles. The summed E-state index contributed by atoms with van der Waals surface area (Å²) in [7, 11) is 0. The third kappa shape index (κ3) is 11.8. The van der Waals surface area contributed by atoms with Gasteiger partial charge in [-0.3, -0.25) is 0 Å². The molecule has 0 amide bonds. The third-order valence-electron chi connectivity index (χ3n) is 3.96. The van der Waals surface area contributed by atoms with Crippen molar-refractivity contribution in [2.75, 3.05) is 13.2 Å². The van der Waals surface area contributed by atoms with Crippen LogP contribution >= 0.6 is 0 Å². The zero-order valence-electron chi connectivity index (χ0n) is 14.9. The number of ether oxygens (including phenoxy) is 2. The molecule has 24 heavy (non-hydrogen) atoms. The van der Waals surface area contributed by atoms with Gasteiger partial charge in [0.1, 0.15) is 5.75 Å². The highest BCUT2D eigenvalue weighted by atomic mass is 16.5. The number of carbonyl (C=O) groups is 1. The molecule has 0 unspecified atom stereocenters. The van der Waals surface area contributed by atoms with E-state index in [1.807, 2.05) is 30.3 Å². The Morgan fingerprint density at radius 3 is 1.83 bits per heavy atom. The Hall–Kier alpha value is -1.77. The lowest BCUT2D eigenvalue weighted by molar-refractivity contribution is -0.137. The molecule has 0 aromatic heterocycles. The summed E-state index contributed by atoms with van der Waals surface area (Å²) >= 11 is 0. The van der Waals surface area contributed by atoms with E-state index in [9.17, 15) is 4.79 Å². The van der Waals surface area contributed by atoms with Gasteiger partial charge in [0, 0.05) is 6.08 Å². The first-order valence-corrected chi connectivity index (χ1v) is 9.30. The van der Waals surface area contributed by atoms with Crippen LogP contribution in [-0.4, -0.2) is 19.2 Å². The van der Waals surface area contributed by atoms with E-state index in [0.717, 1.165) is 31.6 Å². The van der Waals surface area contributed by atoms with Crippen molar-refractivity contribution in [1.82, 2.24) is 0 Å². The molecule has 0 saturated heterocycles. The molecule has 0 aliphatic rings. The number of hydrogen-bond donors (Lipinski definition) is 0. The van der Waals surface area contributed by atoms with Gasteiger partial charge in [0.15, 0.2) is 0 Å². The normalized spacial score (nSPS) is 10.3. The second kappa shape index (κ2) is 14.8. The fourth-order valence-corrected chi connectivity index (χ4v) is 2.56. The molecule has 0 N–H and O–H groups in total. The summed E-state index contributed by atoms with van der Waals surface area (Å²) in [5.41, 5.74) is 0. The van der Waals surface area contributed by atoms with Crippen LogP contribution in [0.5, 0.6) is 5.75 Å². The third-order valence-corrected chi connectivity index (χ3v) is 3.96. The SMILES string of the molecule is C=CC(=O)OCCCCCCCCCCCCOc1ccccc1. The first kappa shape index (κ1) is 20.3. The maximum Gasteiger partial charge on any atom is 0.330 e. The van der Waals surface area contributed by atoms with E-state index in [-0.39, 0.29) is 5.97 Å². The highest BCUT2D eigenvalue weighted by molar-refractivity contribution is 5.81. The van der Waals surface area contributed by atoms with Crippen LogP contribution in [0.25, 0.3) is 0 Å². The quantitative estimate of drug-likeness (QED) is 0.235. The summed E-state index contributed by atoms with van der Waals surface area (Å²) in [5.74, 6) is 0.654. The summed E-state index contributed by atoms with van der Waals surface area (Å²) in [5, 5.41) is 0. The molecule has 0 radical (unpaired) electrons. The van der Waals surface area contributed by atoms with Gasteiger partial charge in [0.2, 0.25) is 0 Å². The number of benzene rings is 1. The van der Waals surface area contributed by atoms with Crippen LogP contribution in [0.3, 0.4) is 0 Å². The van der Waals surface area contributed by atoms with Crippen LogP contribution in [0.2, 0.25) is 0 Å². The van der Waals surface area contributed by atoms with Crippen LogP contribution in [0.4, 0.5) is 0 Å². The first-order chi connectivity index (χ1) is 11.8. The Bertz CT molecular complexity index is 428. The van der Waals surface area contributed by atoms with Crippen LogP contribution in [0, 0.1) is 0 Å². The van der Waals surface area contributed by atoms with Gasteiger partial charge < -0.3 is 9.47 Å². The molecule has 0 spiro atoms. The van der Waals surface area contributed by atoms with Crippen LogP contribution in [-0.2, 0) is 9.53 Å². The van der Waals surface area contributed by atoms with Gasteiger partial charge in [-0.05, 0) is 25.0 Å². The van der Waals surface area contributed by atoms with Crippen molar-refractivity contribution in [1.29, 1.82) is 0 Å². The summed E-state index contributed by atoms with van der Waals surface area (Å²) in [6.45, 7) is 4.72. The Morgan fingerprint density at radius 1 is 0.792 bits per heavy atom. The smallest absolute Gasteiger partial charge is 0.330 e. The molecule has 3 nitrogen and oxygen atoms in total. The molecule has 0 fully saturated rings. The summed E-state index contributed by atoms with van der Waals surface area (Å²) < 4.78 is 10.6. The molecule has 1 aromatic rings. The fraction of sp³-hybridized carbons (Fsp3) is 0.571. The number of carbonyl (C=O) groups excluding carboxylic acids is 1. The minimum atomic E-state index is -0.316. The van der Waals surface area contributed by atoms with Crippen molar-refractivity contribution in [2.45, 2.75) is 64.2 Å². The predicted molar refractivity (Wildman–Crippen MR) is 99.3 cm³/mol. The van der Waals surface area contributed by atoms with E-state index in [1.165, 1.54) is 51.0 Å². The Morgan fingerprint density at radius 2 is 1.29 bits per heavy atom. The molecule has 0 atom stereocenters. The average molecular weight is 332 g/mol. The summed E-state index contributed by atoms with van der Waals surface area (Å²) in [6, 6.07) is 10.0. The molecular formula is C21H32O3. The van der Waals surface area contributed by atoms with Crippen molar-refractivity contribution in [3.63, 3.8) is 0 Å². The molecular weight excluding hydrogens is 300 g/mol. The maximum absolute atomic E-state index is 10.8. The van der Waals surface area contributed by atoms with Crippen LogP contribution in [0.1, 0.15) is 64.2 Å². The van der Waals surface area contributed by atoms with Gasteiger partial charge in [-0.1, -0.05) is 76.1 Å². The van der Waals surface area contributed by atoms with Gasteiger partial charge in [-0.15, -0.1) is 0 Å². The molecule has 0 aliphatic carbocycles. The number of rotatable bonds is 15. The van der Waals surface area contributed by atoms with Gasteiger partial charge in [0.25, 0.3) is 0 Å². The van der Waals surface area contributed by atoms with Crippen LogP contribution < -0.4 is 4.74 Å². The lowest BCUT2D eigenvalue weighted by Gasteiger charge is -2.06. The monoisotopic (exact) mass is 332 g/mol. The van der Waals surface area contributed by atoms with Gasteiger partial charge in [-0.2, -0.15) is 0 Å². The predicted octanol–water partition coefficient (Wildman–Crippen LogP) is 5.70. The Labute approximate surface area is 147 Å². The van der Waals surface area contributed by atoms with Crippen molar-refractivity contribution in [3.05, 3.63) is 43.0 Å². The fourth-order valence-electron chi connectivity index (χ4n) is 2.56.